The predicted octanol–water partition coefficient (Wildman–Crippen LogP) is -0.788. The lowest BCUT2D eigenvalue weighted by atomic mass is 10.6. The van der Waals surface area contributed by atoms with Crippen LogP contribution in [-0.4, -0.2) is 50.0 Å². The summed E-state index contributed by atoms with van der Waals surface area (Å²) in [5.41, 5.74) is 0. The zero-order chi connectivity index (χ0) is 11.8. The minimum Gasteiger partial charge on any atom is -0.481 e. The number of carbonyl (C=O) groups is 2. The van der Waals surface area contributed by atoms with Crippen LogP contribution in [-0.2, 0) is 16.1 Å². The molecule has 1 heterocycles. The van der Waals surface area contributed by atoms with E-state index in [1.54, 1.807) is 17.1 Å². The Labute approximate surface area is 96.2 Å². The number of hydrogen-bond acceptors (Lipinski definition) is 5. The second-order valence-corrected chi connectivity index (χ2v) is 3.89. The number of nitrogens with one attached hydrogen (secondary N) is 1. The van der Waals surface area contributed by atoms with Gasteiger partial charge in [-0.25, -0.2) is 0 Å². The van der Waals surface area contributed by atoms with E-state index in [0.29, 0.717) is 13.1 Å². The summed E-state index contributed by atoms with van der Waals surface area (Å²) in [4.78, 5) is 21.4. The molecule has 1 aromatic rings. The summed E-state index contributed by atoms with van der Waals surface area (Å²) < 4.78 is 1.60. The molecule has 0 atom stereocenters. The largest absolute Gasteiger partial charge is 0.481 e. The smallest absolute Gasteiger partial charge is 0.313 e. The monoisotopic (exact) mass is 244 g/mol. The lowest BCUT2D eigenvalue weighted by Gasteiger charge is -2.03. The molecule has 0 saturated carbocycles. The van der Waals surface area contributed by atoms with E-state index in [-0.39, 0.29) is 17.4 Å². The number of carbonyl (C=O) groups excluding carboxylic acids is 1. The molecule has 0 aliphatic heterocycles. The molecule has 0 unspecified atom stereocenters. The maximum absolute atomic E-state index is 11.2. The van der Waals surface area contributed by atoms with Gasteiger partial charge in [0.2, 0.25) is 5.91 Å². The molecular weight excluding hydrogens is 232 g/mol. The van der Waals surface area contributed by atoms with E-state index >= 15 is 0 Å². The molecule has 1 amide bonds. The zero-order valence-corrected chi connectivity index (χ0v) is 9.31. The molecule has 88 valence electrons. The summed E-state index contributed by atoms with van der Waals surface area (Å²) in [7, 11) is 0. The van der Waals surface area contributed by atoms with E-state index in [1.807, 2.05) is 0 Å². The van der Waals surface area contributed by atoms with Crippen LogP contribution in [0, 0.1) is 0 Å². The van der Waals surface area contributed by atoms with Crippen molar-refractivity contribution >= 4 is 23.6 Å². The molecule has 1 aromatic heterocycles. The Morgan fingerprint density at radius 2 is 2.25 bits per heavy atom. The molecule has 0 aromatic carbocycles. The second-order valence-electron chi connectivity index (χ2n) is 2.90. The van der Waals surface area contributed by atoms with Crippen LogP contribution in [0.3, 0.4) is 0 Å². The standard InChI is InChI=1S/C8H12N4O3S/c13-7(5-16-6-8(14)15)9-1-3-12-4-2-10-11-12/h2,4H,1,3,5-6H2,(H,9,13)(H,14,15). The first-order chi connectivity index (χ1) is 7.68. The van der Waals surface area contributed by atoms with Gasteiger partial charge in [-0.3, -0.25) is 14.3 Å². The Balaban J connectivity index is 2.04. The number of amides is 1. The number of hydrogen-bond donors (Lipinski definition) is 2. The molecular formula is C8H12N4O3S. The van der Waals surface area contributed by atoms with E-state index < -0.39 is 5.97 Å². The van der Waals surface area contributed by atoms with Crippen molar-refractivity contribution in [2.75, 3.05) is 18.1 Å². The molecule has 0 radical (unpaired) electrons. The van der Waals surface area contributed by atoms with E-state index in [9.17, 15) is 9.59 Å². The average Bonchev–Trinajstić information content (AvgIpc) is 2.70. The van der Waals surface area contributed by atoms with Crippen LogP contribution in [0.1, 0.15) is 0 Å². The number of aliphatic carboxylic acids is 1. The quantitative estimate of drug-likeness (QED) is 0.652. The number of nitrogens with zero attached hydrogens (tertiary/aromatic N) is 3. The van der Waals surface area contributed by atoms with Gasteiger partial charge in [0.1, 0.15) is 0 Å². The summed E-state index contributed by atoms with van der Waals surface area (Å²) in [5, 5.41) is 18.4. The highest BCUT2D eigenvalue weighted by molar-refractivity contribution is 8.00. The van der Waals surface area contributed by atoms with Crippen LogP contribution in [0.15, 0.2) is 12.4 Å². The Morgan fingerprint density at radius 3 is 2.88 bits per heavy atom. The normalized spacial score (nSPS) is 10.0. The molecule has 0 aliphatic carbocycles. The Morgan fingerprint density at radius 1 is 1.44 bits per heavy atom. The topological polar surface area (TPSA) is 97.1 Å². The lowest BCUT2D eigenvalue weighted by molar-refractivity contribution is -0.133. The first-order valence-corrected chi connectivity index (χ1v) is 5.74. The fourth-order valence-corrected chi connectivity index (χ4v) is 1.51. The Hall–Kier alpha value is -1.57. The first-order valence-electron chi connectivity index (χ1n) is 4.59. The Bertz CT molecular complexity index is 341. The van der Waals surface area contributed by atoms with E-state index in [0.717, 1.165) is 11.8 Å². The van der Waals surface area contributed by atoms with Crippen LogP contribution >= 0.6 is 11.8 Å². The molecule has 0 spiro atoms. The molecule has 0 aliphatic rings. The summed E-state index contributed by atoms with van der Waals surface area (Å²) in [6, 6.07) is 0. The number of rotatable bonds is 7. The number of carboxylic acids is 1. The third kappa shape index (κ3) is 5.35. The highest BCUT2D eigenvalue weighted by Gasteiger charge is 2.03. The van der Waals surface area contributed by atoms with Gasteiger partial charge >= 0.3 is 5.97 Å². The first kappa shape index (κ1) is 12.5. The SMILES string of the molecule is O=C(O)CSCC(=O)NCCn1ccnn1. The average molecular weight is 244 g/mol. The fourth-order valence-electron chi connectivity index (χ4n) is 0.944. The van der Waals surface area contributed by atoms with Gasteiger partial charge in [0.05, 0.1) is 24.2 Å². The predicted molar refractivity (Wildman–Crippen MR) is 58.0 cm³/mol. The molecule has 2 N–H and O–H groups in total. The zero-order valence-electron chi connectivity index (χ0n) is 8.50. The molecule has 7 nitrogen and oxygen atoms in total. The van der Waals surface area contributed by atoms with Crippen LogP contribution in [0.5, 0.6) is 0 Å². The van der Waals surface area contributed by atoms with Crippen LogP contribution in [0.25, 0.3) is 0 Å². The molecule has 0 fully saturated rings. The maximum Gasteiger partial charge on any atom is 0.313 e. The van der Waals surface area contributed by atoms with Gasteiger partial charge in [-0.1, -0.05) is 5.21 Å². The number of carboxylic acid groups (broad SMARTS) is 1. The molecule has 1 rings (SSSR count). The minimum atomic E-state index is -0.916. The summed E-state index contributed by atoms with van der Waals surface area (Å²) in [5.74, 6) is -0.994. The van der Waals surface area contributed by atoms with Gasteiger partial charge in [-0.15, -0.1) is 16.9 Å². The van der Waals surface area contributed by atoms with E-state index in [1.165, 1.54) is 0 Å². The highest BCUT2D eigenvalue weighted by Crippen LogP contribution is 1.97. The van der Waals surface area contributed by atoms with Gasteiger partial charge < -0.3 is 10.4 Å². The van der Waals surface area contributed by atoms with Crippen molar-refractivity contribution < 1.29 is 14.7 Å². The van der Waals surface area contributed by atoms with Crippen molar-refractivity contribution in [3.8, 4) is 0 Å². The molecule has 8 heteroatoms. The van der Waals surface area contributed by atoms with E-state index in [4.69, 9.17) is 5.11 Å². The maximum atomic E-state index is 11.2. The van der Waals surface area contributed by atoms with Gasteiger partial charge in [0.25, 0.3) is 0 Å². The van der Waals surface area contributed by atoms with Crippen LogP contribution in [0.4, 0.5) is 0 Å². The fraction of sp³-hybridized carbons (Fsp3) is 0.500. The molecule has 0 bridgehead atoms. The van der Waals surface area contributed by atoms with Crippen molar-refractivity contribution in [3.05, 3.63) is 12.4 Å². The number of aromatic nitrogens is 3. The van der Waals surface area contributed by atoms with E-state index in [2.05, 4.69) is 15.6 Å². The van der Waals surface area contributed by atoms with Crippen molar-refractivity contribution in [1.29, 1.82) is 0 Å². The third-order valence-electron chi connectivity index (χ3n) is 1.59. The van der Waals surface area contributed by atoms with Gasteiger partial charge in [-0.2, -0.15) is 0 Å². The summed E-state index contributed by atoms with van der Waals surface area (Å²) in [6.45, 7) is 1.01. The van der Waals surface area contributed by atoms with Gasteiger partial charge in [0, 0.05) is 12.7 Å². The molecule has 16 heavy (non-hydrogen) atoms. The van der Waals surface area contributed by atoms with Gasteiger partial charge in [-0.05, 0) is 0 Å². The number of thioether (sulfide) groups is 1. The molecule has 0 saturated heterocycles. The lowest BCUT2D eigenvalue weighted by Crippen LogP contribution is -2.29. The van der Waals surface area contributed by atoms with Crippen molar-refractivity contribution in [2.24, 2.45) is 0 Å². The third-order valence-corrected chi connectivity index (χ3v) is 2.51. The van der Waals surface area contributed by atoms with Crippen molar-refractivity contribution in [1.82, 2.24) is 20.3 Å². The Kier molecular flexibility index (Phi) is 5.34. The van der Waals surface area contributed by atoms with Crippen molar-refractivity contribution in [3.63, 3.8) is 0 Å². The van der Waals surface area contributed by atoms with Crippen LogP contribution < -0.4 is 5.32 Å². The highest BCUT2D eigenvalue weighted by atomic mass is 32.2. The minimum absolute atomic E-state index is 0.0590. The van der Waals surface area contributed by atoms with Gasteiger partial charge in [0.15, 0.2) is 0 Å². The van der Waals surface area contributed by atoms with Crippen molar-refractivity contribution in [2.45, 2.75) is 6.54 Å². The summed E-state index contributed by atoms with van der Waals surface area (Å²) in [6.07, 6.45) is 3.26. The second kappa shape index (κ2) is 6.83. The van der Waals surface area contributed by atoms with Crippen LogP contribution in [0.2, 0.25) is 0 Å². The summed E-state index contributed by atoms with van der Waals surface area (Å²) >= 11 is 1.07.